The van der Waals surface area contributed by atoms with Crippen LogP contribution in [0.15, 0.2) is 58.6 Å². The monoisotopic (exact) mass is 457 g/mol. The van der Waals surface area contributed by atoms with Gasteiger partial charge in [-0.05, 0) is 47.7 Å². The molecule has 1 saturated heterocycles. The van der Waals surface area contributed by atoms with Gasteiger partial charge in [0.1, 0.15) is 11.6 Å². The Labute approximate surface area is 186 Å². The zero-order chi connectivity index (χ0) is 22.7. The van der Waals surface area contributed by atoms with Gasteiger partial charge in [0.2, 0.25) is 6.10 Å². The van der Waals surface area contributed by atoms with E-state index in [1.807, 2.05) is 0 Å². The van der Waals surface area contributed by atoms with Gasteiger partial charge in [-0.15, -0.1) is 0 Å². The molecule has 0 aromatic heterocycles. The van der Waals surface area contributed by atoms with Gasteiger partial charge in [0, 0.05) is 25.1 Å². The molecular weight excluding hydrogens is 440 g/mol. The highest BCUT2D eigenvalue weighted by atomic mass is 32.2. The van der Waals surface area contributed by atoms with Crippen molar-refractivity contribution in [1.29, 1.82) is 0 Å². The first-order valence-electron chi connectivity index (χ1n) is 9.68. The summed E-state index contributed by atoms with van der Waals surface area (Å²) in [6.45, 7) is 0.0252. The molecule has 2 aromatic rings. The SMILES string of the molecule is O=C(NCCN1C(=O)S/C(=C\c2ccc(F)cc2)C1=O)C1CC(c2cccc(F)c2)=NO1. The van der Waals surface area contributed by atoms with Crippen molar-refractivity contribution in [2.75, 3.05) is 13.1 Å². The lowest BCUT2D eigenvalue weighted by atomic mass is 10.0. The number of rotatable bonds is 6. The van der Waals surface area contributed by atoms with E-state index in [-0.39, 0.29) is 24.4 Å². The van der Waals surface area contributed by atoms with Crippen molar-refractivity contribution in [3.8, 4) is 0 Å². The molecule has 3 amide bonds. The standard InChI is InChI=1S/C22H17F2N3O4S/c23-15-6-4-13(5-7-15)10-19-21(29)27(22(30)32-19)9-8-25-20(28)18-12-17(26-31-18)14-2-1-3-16(24)11-14/h1-7,10-11,18H,8-9,12H2,(H,25,28)/b19-10-. The number of oxime groups is 1. The lowest BCUT2D eigenvalue weighted by Gasteiger charge is -2.14. The number of hydrogen-bond donors (Lipinski definition) is 1. The van der Waals surface area contributed by atoms with E-state index >= 15 is 0 Å². The molecule has 32 heavy (non-hydrogen) atoms. The number of halogens is 2. The molecule has 1 unspecified atom stereocenters. The molecule has 10 heteroatoms. The minimum absolute atomic E-state index is 0.0124. The zero-order valence-electron chi connectivity index (χ0n) is 16.6. The van der Waals surface area contributed by atoms with E-state index in [0.717, 1.165) is 16.7 Å². The molecule has 1 atom stereocenters. The van der Waals surface area contributed by atoms with Crippen molar-refractivity contribution in [2.24, 2.45) is 5.16 Å². The Bertz CT molecular complexity index is 1130. The van der Waals surface area contributed by atoms with E-state index in [1.54, 1.807) is 12.1 Å². The average molecular weight is 457 g/mol. The summed E-state index contributed by atoms with van der Waals surface area (Å²) in [5.74, 6) is -1.74. The summed E-state index contributed by atoms with van der Waals surface area (Å²) >= 11 is 0.782. The molecule has 0 radical (unpaired) electrons. The largest absolute Gasteiger partial charge is 0.382 e. The van der Waals surface area contributed by atoms with Crippen LogP contribution in [0.1, 0.15) is 17.5 Å². The molecule has 0 bridgehead atoms. The molecule has 4 rings (SSSR count). The van der Waals surface area contributed by atoms with Gasteiger partial charge in [0.05, 0.1) is 10.6 Å². The highest BCUT2D eigenvalue weighted by Gasteiger charge is 2.35. The molecule has 1 fully saturated rings. The Morgan fingerprint density at radius 1 is 1.19 bits per heavy atom. The minimum Gasteiger partial charge on any atom is -0.382 e. The van der Waals surface area contributed by atoms with Crippen LogP contribution < -0.4 is 5.32 Å². The number of benzene rings is 2. The summed E-state index contributed by atoms with van der Waals surface area (Å²) in [6, 6.07) is 11.4. The van der Waals surface area contributed by atoms with Crippen LogP contribution >= 0.6 is 11.8 Å². The summed E-state index contributed by atoms with van der Waals surface area (Å²) in [4.78, 5) is 43.4. The number of hydrogen-bond acceptors (Lipinski definition) is 6. The molecule has 0 aliphatic carbocycles. The smallest absolute Gasteiger partial charge is 0.293 e. The van der Waals surface area contributed by atoms with E-state index in [4.69, 9.17) is 4.84 Å². The Morgan fingerprint density at radius 2 is 1.97 bits per heavy atom. The second-order valence-electron chi connectivity index (χ2n) is 7.02. The van der Waals surface area contributed by atoms with Crippen molar-refractivity contribution in [1.82, 2.24) is 10.2 Å². The van der Waals surface area contributed by atoms with Crippen LogP contribution in [-0.4, -0.2) is 46.9 Å². The van der Waals surface area contributed by atoms with Gasteiger partial charge in [0.15, 0.2) is 0 Å². The molecule has 1 N–H and O–H groups in total. The van der Waals surface area contributed by atoms with Crippen molar-refractivity contribution in [2.45, 2.75) is 12.5 Å². The van der Waals surface area contributed by atoms with Crippen LogP contribution in [0.25, 0.3) is 6.08 Å². The predicted molar refractivity (Wildman–Crippen MR) is 115 cm³/mol. The molecule has 7 nitrogen and oxygen atoms in total. The summed E-state index contributed by atoms with van der Waals surface area (Å²) < 4.78 is 26.4. The van der Waals surface area contributed by atoms with Gasteiger partial charge in [-0.2, -0.15) is 0 Å². The maximum Gasteiger partial charge on any atom is 0.293 e. The van der Waals surface area contributed by atoms with Crippen molar-refractivity contribution >= 4 is 40.6 Å². The van der Waals surface area contributed by atoms with Gasteiger partial charge in [-0.3, -0.25) is 19.3 Å². The number of thioether (sulfide) groups is 1. The van der Waals surface area contributed by atoms with Gasteiger partial charge in [0.25, 0.3) is 17.1 Å². The highest BCUT2D eigenvalue weighted by Crippen LogP contribution is 2.31. The molecule has 164 valence electrons. The van der Waals surface area contributed by atoms with Crippen LogP contribution in [0.2, 0.25) is 0 Å². The van der Waals surface area contributed by atoms with E-state index in [2.05, 4.69) is 10.5 Å². The summed E-state index contributed by atoms with van der Waals surface area (Å²) in [5, 5.41) is 6.02. The summed E-state index contributed by atoms with van der Waals surface area (Å²) in [6.07, 6.45) is 0.819. The first kappa shape index (κ1) is 21.7. The van der Waals surface area contributed by atoms with E-state index < -0.39 is 34.8 Å². The quantitative estimate of drug-likeness (QED) is 0.673. The molecule has 2 heterocycles. The Balaban J connectivity index is 1.28. The second kappa shape index (κ2) is 9.31. The highest BCUT2D eigenvalue weighted by molar-refractivity contribution is 8.18. The van der Waals surface area contributed by atoms with E-state index in [9.17, 15) is 23.2 Å². The maximum absolute atomic E-state index is 13.4. The zero-order valence-corrected chi connectivity index (χ0v) is 17.4. The van der Waals surface area contributed by atoms with Crippen LogP contribution in [-0.2, 0) is 14.4 Å². The average Bonchev–Trinajstić information content (AvgIpc) is 3.36. The van der Waals surface area contributed by atoms with Crippen LogP contribution in [0.4, 0.5) is 13.6 Å². The van der Waals surface area contributed by atoms with Gasteiger partial charge >= 0.3 is 0 Å². The number of carbonyl (C=O) groups is 3. The number of nitrogens with zero attached hydrogens (tertiary/aromatic N) is 2. The summed E-state index contributed by atoms with van der Waals surface area (Å²) in [7, 11) is 0. The van der Waals surface area contributed by atoms with Crippen LogP contribution in [0.3, 0.4) is 0 Å². The molecular formula is C22H17F2N3O4S. The Kier molecular flexibility index (Phi) is 6.31. The Morgan fingerprint density at radius 3 is 2.72 bits per heavy atom. The molecule has 2 aliphatic rings. The minimum atomic E-state index is -0.874. The fraction of sp³-hybridized carbons (Fsp3) is 0.182. The molecule has 0 spiro atoms. The third-order valence-electron chi connectivity index (χ3n) is 4.80. The van der Waals surface area contributed by atoms with Crippen molar-refractivity contribution in [3.05, 3.63) is 76.2 Å². The van der Waals surface area contributed by atoms with Crippen LogP contribution in [0, 0.1) is 11.6 Å². The lowest BCUT2D eigenvalue weighted by molar-refractivity contribution is -0.131. The van der Waals surface area contributed by atoms with E-state index in [1.165, 1.54) is 42.5 Å². The number of carbonyl (C=O) groups excluding carboxylic acids is 3. The summed E-state index contributed by atoms with van der Waals surface area (Å²) in [5.41, 5.74) is 1.59. The Hall–Kier alpha value is -3.53. The third kappa shape index (κ3) is 4.86. The second-order valence-corrected chi connectivity index (χ2v) is 8.02. The first-order chi connectivity index (χ1) is 15.4. The number of imide groups is 1. The predicted octanol–water partition coefficient (Wildman–Crippen LogP) is 3.31. The fourth-order valence-electron chi connectivity index (χ4n) is 3.16. The number of nitrogens with one attached hydrogen (secondary N) is 1. The lowest BCUT2D eigenvalue weighted by Crippen LogP contribution is -2.41. The third-order valence-corrected chi connectivity index (χ3v) is 5.70. The van der Waals surface area contributed by atoms with Crippen molar-refractivity contribution < 1.29 is 28.0 Å². The molecule has 2 aromatic carbocycles. The fourth-order valence-corrected chi connectivity index (χ4v) is 4.03. The van der Waals surface area contributed by atoms with Gasteiger partial charge in [-0.1, -0.05) is 29.4 Å². The number of amides is 3. The maximum atomic E-state index is 13.4. The van der Waals surface area contributed by atoms with Gasteiger partial charge in [-0.25, -0.2) is 8.78 Å². The topological polar surface area (TPSA) is 88.1 Å². The van der Waals surface area contributed by atoms with Gasteiger partial charge < -0.3 is 10.2 Å². The van der Waals surface area contributed by atoms with Crippen molar-refractivity contribution in [3.63, 3.8) is 0 Å². The molecule has 0 saturated carbocycles. The molecule has 2 aliphatic heterocycles. The van der Waals surface area contributed by atoms with E-state index in [0.29, 0.717) is 16.8 Å². The first-order valence-corrected chi connectivity index (χ1v) is 10.5. The normalized spacial score (nSPS) is 19.3. The van der Waals surface area contributed by atoms with Crippen LogP contribution in [0.5, 0.6) is 0 Å².